The maximum absolute atomic E-state index is 11.5. The van der Waals surface area contributed by atoms with Crippen LogP contribution in [0.1, 0.15) is 6.92 Å². The number of hydrogen-bond acceptors (Lipinski definition) is 6. The van der Waals surface area contributed by atoms with E-state index in [0.29, 0.717) is 5.69 Å². The number of aliphatic hydroxyl groups excluding tert-OH is 1. The Morgan fingerprint density at radius 2 is 0.654 bits per heavy atom. The molecule has 0 fully saturated rings. The summed E-state index contributed by atoms with van der Waals surface area (Å²) in [6, 6.07) is 96.5. The third kappa shape index (κ3) is 10.0. The molecule has 0 amide bonds. The lowest BCUT2D eigenvalue weighted by atomic mass is 9.85. The molecular formula is C74H56N4O3. The number of fused-ring (bicyclic) bond motifs is 6. The second-order valence-electron chi connectivity index (χ2n) is 19.8. The SMILES string of the molecule is CCO.Nc1ccccc1Nc1ccc(-c2c3ccccc3c(-c3cccc4ccccc34)c3ccccc23)cc1.O=[N+]([O-])c1ccccc1Nc1ccc(-c2c3ccccc3c(-c3cccc4ccccc34)c3ccccc23)cc1. The van der Waals surface area contributed by atoms with Crippen molar-refractivity contribution in [3.63, 3.8) is 0 Å². The van der Waals surface area contributed by atoms with Crippen molar-refractivity contribution in [1.82, 2.24) is 0 Å². The summed E-state index contributed by atoms with van der Waals surface area (Å²) < 4.78 is 0. The molecule has 7 nitrogen and oxygen atoms in total. The lowest BCUT2D eigenvalue weighted by molar-refractivity contribution is -0.383. The molecule has 81 heavy (non-hydrogen) atoms. The monoisotopic (exact) mass is 1050 g/mol. The zero-order valence-electron chi connectivity index (χ0n) is 44.6. The summed E-state index contributed by atoms with van der Waals surface area (Å²) in [6.07, 6.45) is 0. The van der Waals surface area contributed by atoms with E-state index in [0.717, 1.165) is 28.3 Å². The summed E-state index contributed by atoms with van der Waals surface area (Å²) in [4.78, 5) is 11.1. The van der Waals surface area contributed by atoms with E-state index in [1.54, 1.807) is 25.1 Å². The minimum Gasteiger partial charge on any atom is -0.397 e. The molecule has 14 rings (SSSR count). The van der Waals surface area contributed by atoms with E-state index in [4.69, 9.17) is 10.8 Å². The first-order chi connectivity index (χ1) is 39.9. The predicted molar refractivity (Wildman–Crippen MR) is 343 cm³/mol. The van der Waals surface area contributed by atoms with Gasteiger partial charge in [0.15, 0.2) is 0 Å². The van der Waals surface area contributed by atoms with Gasteiger partial charge in [-0.15, -0.1) is 0 Å². The number of rotatable bonds is 9. The minimum atomic E-state index is -0.369. The molecular weight excluding hydrogens is 993 g/mol. The Bertz CT molecular complexity index is 4510. The molecule has 0 saturated heterocycles. The molecule has 390 valence electrons. The lowest BCUT2D eigenvalue weighted by Gasteiger charge is -2.19. The van der Waals surface area contributed by atoms with Crippen LogP contribution in [0.25, 0.3) is 109 Å². The number of para-hydroxylation sites is 4. The van der Waals surface area contributed by atoms with Gasteiger partial charge >= 0.3 is 0 Å². The van der Waals surface area contributed by atoms with Gasteiger partial charge in [0.25, 0.3) is 5.69 Å². The van der Waals surface area contributed by atoms with Gasteiger partial charge in [-0.2, -0.15) is 0 Å². The van der Waals surface area contributed by atoms with E-state index in [2.05, 4.69) is 229 Å². The number of anilines is 5. The highest BCUT2D eigenvalue weighted by Crippen LogP contribution is 2.47. The number of aliphatic hydroxyl groups is 1. The quantitative estimate of drug-likeness (QED) is 0.0496. The van der Waals surface area contributed by atoms with Crippen LogP contribution in [0.5, 0.6) is 0 Å². The standard InChI is InChI=1S/C36H24N2O2.C36H26N2.C2H6O/c39-38(40)34-19-8-7-18-33(34)37-26-22-20-25(21-23-26)35-29-13-3-5-15-31(29)36(32-16-6-4-14-30(32)35)28-17-9-11-24-10-1-2-12-27(24)28;37-33-18-7-8-19-34(33)38-26-22-20-25(21-23-26)35-29-13-3-5-15-31(29)36(32-16-6-4-14-30(32)35)28-17-9-11-24-10-1-2-12-27(24)28;1-2-3/h1-23,37H;1-23,38H,37H2;3H,2H2,1H3. The predicted octanol–water partition coefficient (Wildman–Crippen LogP) is 19.9. The molecule has 0 bridgehead atoms. The molecule has 0 radical (unpaired) electrons. The van der Waals surface area contributed by atoms with Crippen molar-refractivity contribution >= 4 is 98.8 Å². The van der Waals surface area contributed by atoms with Crippen LogP contribution in [0.2, 0.25) is 0 Å². The molecule has 0 aliphatic carbocycles. The second-order valence-corrected chi connectivity index (χ2v) is 19.8. The molecule has 0 heterocycles. The van der Waals surface area contributed by atoms with Crippen molar-refractivity contribution in [1.29, 1.82) is 0 Å². The molecule has 14 aromatic carbocycles. The number of nitrogens with one attached hydrogen (secondary N) is 2. The summed E-state index contributed by atoms with van der Waals surface area (Å²) >= 11 is 0. The molecule has 0 aliphatic rings. The number of nitro groups is 1. The first-order valence-corrected chi connectivity index (χ1v) is 27.2. The first kappa shape index (κ1) is 51.2. The summed E-state index contributed by atoms with van der Waals surface area (Å²) in [6.45, 7) is 1.93. The highest BCUT2D eigenvalue weighted by molar-refractivity contribution is 6.25. The van der Waals surface area contributed by atoms with Crippen molar-refractivity contribution < 1.29 is 10.0 Å². The van der Waals surface area contributed by atoms with Gasteiger partial charge < -0.3 is 21.5 Å². The van der Waals surface area contributed by atoms with E-state index in [1.807, 2.05) is 36.4 Å². The van der Waals surface area contributed by atoms with Gasteiger partial charge in [0.05, 0.1) is 16.3 Å². The topological polar surface area (TPSA) is 113 Å². The molecule has 0 unspecified atom stereocenters. The fourth-order valence-electron chi connectivity index (χ4n) is 11.4. The number of nitrogen functional groups attached to an aromatic ring is 1. The average Bonchev–Trinajstić information content (AvgIpc) is 3.52. The van der Waals surface area contributed by atoms with Gasteiger partial charge in [0.2, 0.25) is 0 Å². The number of nitro benzene ring substituents is 1. The van der Waals surface area contributed by atoms with Crippen molar-refractivity contribution in [2.24, 2.45) is 0 Å². The first-order valence-electron chi connectivity index (χ1n) is 27.2. The molecule has 0 spiro atoms. The number of nitrogens with two attached hydrogens (primary N) is 1. The third-order valence-electron chi connectivity index (χ3n) is 14.9. The Kier molecular flexibility index (Phi) is 14.4. The summed E-state index contributed by atoms with van der Waals surface area (Å²) in [5, 5.41) is 40.5. The minimum absolute atomic E-state index is 0.0487. The van der Waals surface area contributed by atoms with Crippen LogP contribution in [0.3, 0.4) is 0 Å². The Labute approximate surface area is 470 Å². The van der Waals surface area contributed by atoms with Gasteiger partial charge in [0, 0.05) is 24.0 Å². The maximum Gasteiger partial charge on any atom is 0.292 e. The molecule has 14 aromatic rings. The zero-order chi connectivity index (χ0) is 55.2. The summed E-state index contributed by atoms with van der Waals surface area (Å²) in [5.74, 6) is 0. The van der Waals surface area contributed by atoms with E-state index < -0.39 is 0 Å². The lowest BCUT2D eigenvalue weighted by Crippen LogP contribution is -1.96. The zero-order valence-corrected chi connectivity index (χ0v) is 44.6. The highest BCUT2D eigenvalue weighted by atomic mass is 16.6. The Balaban J connectivity index is 0.000000154. The van der Waals surface area contributed by atoms with Gasteiger partial charge in [-0.05, 0) is 159 Å². The van der Waals surface area contributed by atoms with Gasteiger partial charge in [-0.25, -0.2) is 0 Å². The van der Waals surface area contributed by atoms with E-state index in [1.165, 1.54) is 110 Å². The number of nitrogens with zero attached hydrogens (tertiary/aromatic N) is 1. The molecule has 0 atom stereocenters. The normalized spacial score (nSPS) is 11.0. The van der Waals surface area contributed by atoms with Crippen LogP contribution in [0.4, 0.5) is 34.1 Å². The van der Waals surface area contributed by atoms with Gasteiger partial charge in [0.1, 0.15) is 5.69 Å². The van der Waals surface area contributed by atoms with Crippen LogP contribution in [-0.4, -0.2) is 16.6 Å². The largest absolute Gasteiger partial charge is 0.397 e. The summed E-state index contributed by atoms with van der Waals surface area (Å²) in [7, 11) is 0. The van der Waals surface area contributed by atoms with E-state index in [9.17, 15) is 10.1 Å². The maximum atomic E-state index is 11.5. The molecule has 0 aromatic heterocycles. The smallest absolute Gasteiger partial charge is 0.292 e. The van der Waals surface area contributed by atoms with Crippen LogP contribution in [0, 0.1) is 10.1 Å². The molecule has 0 aliphatic heterocycles. The fourth-order valence-corrected chi connectivity index (χ4v) is 11.4. The van der Waals surface area contributed by atoms with E-state index in [-0.39, 0.29) is 17.2 Å². The number of hydrogen-bond donors (Lipinski definition) is 4. The van der Waals surface area contributed by atoms with Crippen molar-refractivity contribution in [2.75, 3.05) is 23.0 Å². The molecule has 7 heteroatoms. The van der Waals surface area contributed by atoms with Crippen molar-refractivity contribution in [3.05, 3.63) is 289 Å². The van der Waals surface area contributed by atoms with Gasteiger partial charge in [-0.1, -0.05) is 231 Å². The van der Waals surface area contributed by atoms with Crippen LogP contribution in [0.15, 0.2) is 279 Å². The molecule has 5 N–H and O–H groups in total. The van der Waals surface area contributed by atoms with Crippen LogP contribution in [-0.2, 0) is 0 Å². The van der Waals surface area contributed by atoms with Crippen molar-refractivity contribution in [3.8, 4) is 44.5 Å². The average molecular weight is 1050 g/mol. The fraction of sp³-hybridized carbons (Fsp3) is 0.0270. The third-order valence-corrected chi connectivity index (χ3v) is 14.9. The van der Waals surface area contributed by atoms with Crippen molar-refractivity contribution in [2.45, 2.75) is 6.92 Å². The van der Waals surface area contributed by atoms with Gasteiger partial charge in [-0.3, -0.25) is 10.1 Å². The summed E-state index contributed by atoms with van der Waals surface area (Å²) in [5.41, 5.74) is 19.8. The number of benzene rings is 14. The highest BCUT2D eigenvalue weighted by Gasteiger charge is 2.20. The Hall–Kier alpha value is -10.6. The Morgan fingerprint density at radius 1 is 0.358 bits per heavy atom. The second kappa shape index (κ2) is 22.8. The van der Waals surface area contributed by atoms with Crippen LogP contribution < -0.4 is 16.4 Å². The Morgan fingerprint density at radius 3 is 1.04 bits per heavy atom. The molecule has 0 saturated carbocycles. The van der Waals surface area contributed by atoms with E-state index >= 15 is 0 Å². The van der Waals surface area contributed by atoms with Crippen LogP contribution >= 0.6 is 0 Å².